The van der Waals surface area contributed by atoms with Gasteiger partial charge in [0.25, 0.3) is 11.8 Å². The molecule has 0 spiro atoms. The van der Waals surface area contributed by atoms with Gasteiger partial charge in [-0.2, -0.15) is 13.5 Å². The number of nitrogens with two attached hydrogens (primary N) is 1. The summed E-state index contributed by atoms with van der Waals surface area (Å²) in [6.07, 6.45) is 0.536. The fourth-order valence-corrected chi connectivity index (χ4v) is 3.09. The van der Waals surface area contributed by atoms with Crippen molar-refractivity contribution in [3.8, 4) is 0 Å². The predicted octanol–water partition coefficient (Wildman–Crippen LogP) is -2.17. The number of hydrazine groups is 1. The summed E-state index contributed by atoms with van der Waals surface area (Å²) in [4.78, 5) is 37.3. The largest absolute Gasteiger partial charge is 0.418 e. The molecule has 2 heterocycles. The van der Waals surface area contributed by atoms with Crippen LogP contribution in [0, 0.1) is 0 Å². The Kier molecular flexibility index (Phi) is 4.98. The van der Waals surface area contributed by atoms with E-state index in [9.17, 15) is 22.8 Å². The Hall–Kier alpha value is -1.96. The molecule has 2 rings (SSSR count). The number of urea groups is 1. The Morgan fingerprint density at radius 1 is 1.46 bits per heavy atom. The lowest BCUT2D eigenvalue weighted by Gasteiger charge is -2.31. The van der Waals surface area contributed by atoms with Crippen LogP contribution in [0.3, 0.4) is 0 Å². The van der Waals surface area contributed by atoms with Crippen molar-refractivity contribution in [3.63, 3.8) is 0 Å². The topological polar surface area (TPSA) is 163 Å². The van der Waals surface area contributed by atoms with Gasteiger partial charge in [-0.3, -0.25) is 24.6 Å². The molecule has 0 aromatic heterocycles. The van der Waals surface area contributed by atoms with Crippen LogP contribution < -0.4 is 11.2 Å². The van der Waals surface area contributed by atoms with E-state index in [2.05, 4.69) is 9.71 Å². The van der Waals surface area contributed by atoms with E-state index in [1.165, 1.54) is 14.0 Å². The van der Waals surface area contributed by atoms with Crippen LogP contribution in [0.5, 0.6) is 0 Å². The van der Waals surface area contributed by atoms with Crippen molar-refractivity contribution in [2.24, 2.45) is 5.73 Å². The number of carbonyl (C=O) groups is 3. The zero-order valence-corrected chi connectivity index (χ0v) is 13.9. The number of amides is 4. The number of hydrogen-bond donors (Lipinski definition) is 3. The molecule has 2 saturated heterocycles. The molecule has 12 nitrogen and oxygen atoms in total. The molecule has 2 aliphatic heterocycles. The highest BCUT2D eigenvalue weighted by molar-refractivity contribution is 7.80. The summed E-state index contributed by atoms with van der Waals surface area (Å²) in [5.41, 5.74) is 7.78. The zero-order valence-electron chi connectivity index (χ0n) is 13.1. The van der Waals surface area contributed by atoms with E-state index < -0.39 is 46.4 Å². The lowest BCUT2D eigenvalue weighted by atomic mass is 10.0. The van der Waals surface area contributed by atoms with Crippen molar-refractivity contribution in [1.29, 1.82) is 0 Å². The number of likely N-dealkylation sites (N-methyl/N-ethyl adjacent to an activating group) is 1. The third-order valence-electron chi connectivity index (χ3n) is 3.80. The second kappa shape index (κ2) is 6.51. The van der Waals surface area contributed by atoms with Crippen molar-refractivity contribution < 1.29 is 31.6 Å². The van der Waals surface area contributed by atoms with Crippen molar-refractivity contribution in [2.45, 2.75) is 37.9 Å². The van der Waals surface area contributed by atoms with Crippen molar-refractivity contribution >= 4 is 28.2 Å². The van der Waals surface area contributed by atoms with Crippen LogP contribution in [-0.2, 0) is 24.3 Å². The summed E-state index contributed by atoms with van der Waals surface area (Å²) in [6, 6.07) is -3.14. The second-order valence-corrected chi connectivity index (χ2v) is 6.68. The van der Waals surface area contributed by atoms with Crippen LogP contribution in [0.25, 0.3) is 0 Å². The number of piperidine rings is 1. The molecule has 0 aromatic rings. The molecule has 1 unspecified atom stereocenters. The smallest absolute Gasteiger partial charge is 0.320 e. The van der Waals surface area contributed by atoms with Gasteiger partial charge in [-0.25, -0.2) is 4.79 Å². The standard InChI is InChI=1S/C11H19N5O7S/c1-6(12)10(18)14(2)13-9(17)8-4-3-7-5-15(8)11(19)16(7)23-24(20,21)22/h6-8H,3-5,12H2,1-2H3,(H,13,17)(H,20,21,22)/t6-,7?,8-/m0/s1. The minimum Gasteiger partial charge on any atom is -0.320 e. The van der Waals surface area contributed by atoms with Gasteiger partial charge >= 0.3 is 16.4 Å². The zero-order chi connectivity index (χ0) is 18.2. The first-order chi connectivity index (χ1) is 11.0. The summed E-state index contributed by atoms with van der Waals surface area (Å²) in [7, 11) is -3.52. The van der Waals surface area contributed by atoms with Gasteiger partial charge in [-0.1, -0.05) is 0 Å². The maximum absolute atomic E-state index is 12.3. The molecule has 4 N–H and O–H groups in total. The van der Waals surface area contributed by atoms with Crippen molar-refractivity contribution in [2.75, 3.05) is 13.6 Å². The number of carbonyl (C=O) groups excluding carboxylic acids is 3. The maximum atomic E-state index is 12.3. The molecule has 3 atom stereocenters. The first-order valence-electron chi connectivity index (χ1n) is 7.11. The van der Waals surface area contributed by atoms with E-state index in [4.69, 9.17) is 10.3 Å². The molecule has 0 saturated carbocycles. The quantitative estimate of drug-likeness (QED) is 0.374. The van der Waals surface area contributed by atoms with Gasteiger partial charge in [-0.05, 0) is 19.8 Å². The van der Waals surface area contributed by atoms with Crippen LogP contribution in [0.4, 0.5) is 4.79 Å². The highest BCUT2D eigenvalue weighted by atomic mass is 32.3. The number of fused-ring (bicyclic) bond motifs is 2. The minimum atomic E-state index is -4.85. The van der Waals surface area contributed by atoms with Crippen molar-refractivity contribution in [1.82, 2.24) is 20.4 Å². The van der Waals surface area contributed by atoms with E-state index in [1.54, 1.807) is 0 Å². The fraction of sp³-hybridized carbons (Fsp3) is 0.727. The summed E-state index contributed by atoms with van der Waals surface area (Å²) in [6.45, 7) is 1.53. The monoisotopic (exact) mass is 365 g/mol. The third kappa shape index (κ3) is 3.75. The molecule has 136 valence electrons. The normalized spacial score (nSPS) is 24.8. The van der Waals surface area contributed by atoms with Gasteiger partial charge in [0.15, 0.2) is 0 Å². The minimum absolute atomic E-state index is 0.0669. The van der Waals surface area contributed by atoms with Crippen LogP contribution in [-0.4, -0.2) is 77.5 Å². The van der Waals surface area contributed by atoms with E-state index >= 15 is 0 Å². The summed E-state index contributed by atoms with van der Waals surface area (Å²) in [5.74, 6) is -1.12. The Morgan fingerprint density at radius 3 is 2.62 bits per heavy atom. The number of rotatable bonds is 4. The lowest BCUT2D eigenvalue weighted by Crippen LogP contribution is -2.56. The number of nitrogens with one attached hydrogen (secondary N) is 1. The molecular weight excluding hydrogens is 346 g/mol. The molecule has 4 amide bonds. The molecular formula is C11H19N5O7S. The number of nitrogens with zero attached hydrogens (tertiary/aromatic N) is 3. The molecule has 13 heteroatoms. The highest BCUT2D eigenvalue weighted by Crippen LogP contribution is 2.30. The Labute approximate surface area is 138 Å². The number of hydrogen-bond acceptors (Lipinski definition) is 7. The Balaban J connectivity index is 2.06. The molecule has 0 aromatic carbocycles. The summed E-state index contributed by atoms with van der Waals surface area (Å²) in [5, 5.41) is 1.48. The summed E-state index contributed by atoms with van der Waals surface area (Å²) >= 11 is 0. The van der Waals surface area contributed by atoms with E-state index in [0.29, 0.717) is 11.5 Å². The molecule has 2 aliphatic rings. The lowest BCUT2D eigenvalue weighted by molar-refractivity contribution is -0.142. The van der Waals surface area contributed by atoms with E-state index in [1.807, 2.05) is 0 Å². The molecule has 2 bridgehead atoms. The van der Waals surface area contributed by atoms with Gasteiger partial charge in [0.05, 0.1) is 12.1 Å². The van der Waals surface area contributed by atoms with Crippen LogP contribution in [0.1, 0.15) is 19.8 Å². The van der Waals surface area contributed by atoms with Gasteiger partial charge in [-0.15, -0.1) is 4.28 Å². The van der Waals surface area contributed by atoms with Crippen LogP contribution in [0.2, 0.25) is 0 Å². The molecule has 0 radical (unpaired) electrons. The van der Waals surface area contributed by atoms with E-state index in [0.717, 1.165) is 9.91 Å². The molecule has 2 fully saturated rings. The Morgan fingerprint density at radius 2 is 2.08 bits per heavy atom. The third-order valence-corrected chi connectivity index (χ3v) is 4.15. The average molecular weight is 365 g/mol. The average Bonchev–Trinajstić information content (AvgIpc) is 2.69. The summed E-state index contributed by atoms with van der Waals surface area (Å²) < 4.78 is 34.6. The van der Waals surface area contributed by atoms with Gasteiger partial charge in [0.2, 0.25) is 0 Å². The SMILES string of the molecule is C[C@H](N)C(=O)N(C)NC(=O)[C@@H]1CCC2CN1C(=O)N2OS(=O)(=O)O. The molecule has 0 aliphatic carbocycles. The van der Waals surface area contributed by atoms with Crippen LogP contribution >= 0.6 is 0 Å². The van der Waals surface area contributed by atoms with Crippen molar-refractivity contribution in [3.05, 3.63) is 0 Å². The first-order valence-corrected chi connectivity index (χ1v) is 8.48. The fourth-order valence-electron chi connectivity index (χ4n) is 2.70. The van der Waals surface area contributed by atoms with Crippen LogP contribution in [0.15, 0.2) is 0 Å². The van der Waals surface area contributed by atoms with Gasteiger partial charge in [0.1, 0.15) is 6.04 Å². The predicted molar refractivity (Wildman–Crippen MR) is 77.9 cm³/mol. The molecule has 24 heavy (non-hydrogen) atoms. The first kappa shape index (κ1) is 18.4. The highest BCUT2D eigenvalue weighted by Gasteiger charge is 2.49. The Bertz CT molecular complexity index is 651. The maximum Gasteiger partial charge on any atom is 0.418 e. The van der Waals surface area contributed by atoms with E-state index in [-0.39, 0.29) is 13.0 Å². The number of hydroxylamine groups is 2. The van der Waals surface area contributed by atoms with Gasteiger partial charge < -0.3 is 10.6 Å². The van der Waals surface area contributed by atoms with Gasteiger partial charge in [0, 0.05) is 13.6 Å². The second-order valence-electron chi connectivity index (χ2n) is 5.67.